The second kappa shape index (κ2) is 5.13. The molecule has 0 spiro atoms. The molecule has 1 saturated heterocycles. The highest BCUT2D eigenvalue weighted by atomic mass is 15.3. The first-order chi connectivity index (χ1) is 7.35. The molecule has 0 saturated carbocycles. The molecule has 0 aromatic rings. The predicted octanol–water partition coefficient (Wildman–Crippen LogP) is 0.642. The van der Waals surface area contributed by atoms with Crippen molar-refractivity contribution >= 4 is 0 Å². The van der Waals surface area contributed by atoms with Crippen LogP contribution in [0.5, 0.6) is 0 Å². The van der Waals surface area contributed by atoms with Crippen LogP contribution in [0.4, 0.5) is 0 Å². The third-order valence-electron chi connectivity index (χ3n) is 3.59. The van der Waals surface area contributed by atoms with Crippen molar-refractivity contribution in [3.63, 3.8) is 0 Å². The molecule has 2 N–H and O–H groups in total. The molecule has 3 unspecified atom stereocenters. The van der Waals surface area contributed by atoms with Gasteiger partial charge in [-0.2, -0.15) is 5.26 Å². The standard InChI is InChI=1S/C12H24N4/c1-10(7-12(3,14)9-13)16-6-5-15(4)11(2)8-16/h10-11H,5-8,14H2,1-4H3. The summed E-state index contributed by atoms with van der Waals surface area (Å²) in [6, 6.07) is 3.14. The van der Waals surface area contributed by atoms with Crippen molar-refractivity contribution < 1.29 is 0 Å². The van der Waals surface area contributed by atoms with Crippen LogP contribution in [0.3, 0.4) is 0 Å². The highest BCUT2D eigenvalue weighted by Gasteiger charge is 2.28. The molecule has 1 rings (SSSR count). The van der Waals surface area contributed by atoms with Crippen molar-refractivity contribution in [2.24, 2.45) is 5.73 Å². The molecule has 16 heavy (non-hydrogen) atoms. The Hall–Kier alpha value is -0.630. The fourth-order valence-electron chi connectivity index (χ4n) is 2.27. The summed E-state index contributed by atoms with van der Waals surface area (Å²) in [5.41, 5.74) is 5.18. The van der Waals surface area contributed by atoms with E-state index in [2.05, 4.69) is 36.8 Å². The van der Waals surface area contributed by atoms with Crippen LogP contribution in [0, 0.1) is 11.3 Å². The van der Waals surface area contributed by atoms with E-state index in [1.165, 1.54) is 0 Å². The summed E-state index contributed by atoms with van der Waals surface area (Å²) in [6.07, 6.45) is 0.736. The maximum absolute atomic E-state index is 8.93. The zero-order valence-corrected chi connectivity index (χ0v) is 10.9. The average molecular weight is 224 g/mol. The topological polar surface area (TPSA) is 56.3 Å². The number of hydrogen-bond donors (Lipinski definition) is 1. The van der Waals surface area contributed by atoms with Gasteiger partial charge < -0.3 is 10.6 Å². The van der Waals surface area contributed by atoms with Crippen LogP contribution >= 0.6 is 0 Å². The van der Waals surface area contributed by atoms with Crippen LogP contribution in [-0.4, -0.2) is 54.1 Å². The molecule has 0 aromatic carbocycles. The van der Waals surface area contributed by atoms with Gasteiger partial charge >= 0.3 is 0 Å². The molecule has 1 aliphatic heterocycles. The van der Waals surface area contributed by atoms with E-state index >= 15 is 0 Å². The van der Waals surface area contributed by atoms with E-state index in [0.717, 1.165) is 26.1 Å². The van der Waals surface area contributed by atoms with Gasteiger partial charge in [0.15, 0.2) is 0 Å². The van der Waals surface area contributed by atoms with E-state index in [0.29, 0.717) is 12.1 Å². The van der Waals surface area contributed by atoms with Gasteiger partial charge in [0.25, 0.3) is 0 Å². The molecule has 1 heterocycles. The number of nitrogens with two attached hydrogens (primary N) is 1. The number of piperazine rings is 1. The van der Waals surface area contributed by atoms with Crippen molar-refractivity contribution in [2.45, 2.75) is 44.8 Å². The third-order valence-corrected chi connectivity index (χ3v) is 3.59. The third kappa shape index (κ3) is 3.44. The Morgan fingerprint density at radius 1 is 1.56 bits per heavy atom. The van der Waals surface area contributed by atoms with Gasteiger partial charge in [-0.15, -0.1) is 0 Å². The maximum atomic E-state index is 8.93. The molecule has 0 bridgehead atoms. The molecule has 3 atom stereocenters. The van der Waals surface area contributed by atoms with Gasteiger partial charge in [0.1, 0.15) is 5.54 Å². The van der Waals surface area contributed by atoms with E-state index in [1.807, 2.05) is 6.92 Å². The normalized spacial score (nSPS) is 29.4. The quantitative estimate of drug-likeness (QED) is 0.764. The van der Waals surface area contributed by atoms with Gasteiger partial charge in [0.2, 0.25) is 0 Å². The Morgan fingerprint density at radius 3 is 2.69 bits per heavy atom. The zero-order valence-electron chi connectivity index (χ0n) is 10.9. The van der Waals surface area contributed by atoms with Crippen LogP contribution in [0.1, 0.15) is 27.2 Å². The van der Waals surface area contributed by atoms with Gasteiger partial charge in [-0.1, -0.05) is 0 Å². The van der Waals surface area contributed by atoms with E-state index < -0.39 is 5.54 Å². The smallest absolute Gasteiger partial charge is 0.102 e. The van der Waals surface area contributed by atoms with E-state index in [9.17, 15) is 0 Å². The number of rotatable bonds is 3. The zero-order chi connectivity index (χ0) is 12.3. The minimum Gasteiger partial charge on any atom is -0.314 e. The van der Waals surface area contributed by atoms with E-state index in [-0.39, 0.29) is 0 Å². The van der Waals surface area contributed by atoms with Crippen molar-refractivity contribution in [3.05, 3.63) is 0 Å². The highest BCUT2D eigenvalue weighted by Crippen LogP contribution is 2.16. The second-order valence-corrected chi connectivity index (χ2v) is 5.41. The monoisotopic (exact) mass is 224 g/mol. The maximum Gasteiger partial charge on any atom is 0.102 e. The molecule has 92 valence electrons. The van der Waals surface area contributed by atoms with Gasteiger partial charge in [0, 0.05) is 31.7 Å². The summed E-state index contributed by atoms with van der Waals surface area (Å²) < 4.78 is 0. The van der Waals surface area contributed by atoms with Crippen molar-refractivity contribution in [2.75, 3.05) is 26.7 Å². The summed E-state index contributed by atoms with van der Waals surface area (Å²) >= 11 is 0. The van der Waals surface area contributed by atoms with Crippen LogP contribution < -0.4 is 5.73 Å². The van der Waals surface area contributed by atoms with Gasteiger partial charge in [-0.25, -0.2) is 0 Å². The second-order valence-electron chi connectivity index (χ2n) is 5.41. The summed E-state index contributed by atoms with van der Waals surface area (Å²) in [4.78, 5) is 4.81. The number of likely N-dealkylation sites (N-methyl/N-ethyl adjacent to an activating group) is 1. The minimum atomic E-state index is -0.702. The number of nitrogens with zero attached hydrogens (tertiary/aromatic N) is 3. The Kier molecular flexibility index (Phi) is 4.31. The largest absolute Gasteiger partial charge is 0.314 e. The molecule has 4 nitrogen and oxygen atoms in total. The van der Waals surface area contributed by atoms with Crippen LogP contribution in [0.25, 0.3) is 0 Å². The first-order valence-corrected chi connectivity index (χ1v) is 6.00. The van der Waals surface area contributed by atoms with Crippen LogP contribution in [-0.2, 0) is 0 Å². The lowest BCUT2D eigenvalue weighted by molar-refractivity contribution is 0.0702. The van der Waals surface area contributed by atoms with E-state index in [4.69, 9.17) is 11.0 Å². The molecule has 0 radical (unpaired) electrons. The molecular weight excluding hydrogens is 200 g/mol. The Morgan fingerprint density at radius 2 is 2.19 bits per heavy atom. The lowest BCUT2D eigenvalue weighted by Crippen LogP contribution is -2.54. The lowest BCUT2D eigenvalue weighted by atomic mass is 9.95. The molecule has 1 fully saturated rings. The minimum absolute atomic E-state index is 0.380. The molecule has 4 heteroatoms. The van der Waals surface area contributed by atoms with Crippen molar-refractivity contribution in [1.29, 1.82) is 5.26 Å². The fourth-order valence-corrected chi connectivity index (χ4v) is 2.27. The fraction of sp³-hybridized carbons (Fsp3) is 0.917. The van der Waals surface area contributed by atoms with Crippen LogP contribution in [0.2, 0.25) is 0 Å². The molecular formula is C12H24N4. The van der Waals surface area contributed by atoms with Gasteiger partial charge in [0.05, 0.1) is 6.07 Å². The van der Waals surface area contributed by atoms with Crippen molar-refractivity contribution in [3.8, 4) is 6.07 Å². The number of hydrogen-bond acceptors (Lipinski definition) is 4. The summed E-state index contributed by atoms with van der Waals surface area (Å²) in [5.74, 6) is 0. The van der Waals surface area contributed by atoms with Gasteiger partial charge in [-0.3, -0.25) is 4.90 Å². The van der Waals surface area contributed by atoms with Gasteiger partial charge in [-0.05, 0) is 34.2 Å². The summed E-state index contributed by atoms with van der Waals surface area (Å²) in [6.45, 7) is 9.45. The molecule has 0 aromatic heterocycles. The van der Waals surface area contributed by atoms with E-state index in [1.54, 1.807) is 0 Å². The average Bonchev–Trinajstić information content (AvgIpc) is 2.21. The summed E-state index contributed by atoms with van der Waals surface area (Å²) in [5, 5.41) is 8.93. The predicted molar refractivity (Wildman–Crippen MR) is 65.9 cm³/mol. The number of nitriles is 1. The molecule has 1 aliphatic rings. The first-order valence-electron chi connectivity index (χ1n) is 6.00. The SMILES string of the molecule is CC1CN(C(C)CC(C)(N)C#N)CCN1C. The molecule has 0 aliphatic carbocycles. The Balaban J connectivity index is 2.50. The van der Waals surface area contributed by atoms with Crippen LogP contribution in [0.15, 0.2) is 0 Å². The van der Waals surface area contributed by atoms with Crippen molar-refractivity contribution in [1.82, 2.24) is 9.80 Å². The first kappa shape index (κ1) is 13.4. The Bertz CT molecular complexity index is 269. The Labute approximate surface area is 99.0 Å². The molecule has 0 amide bonds. The lowest BCUT2D eigenvalue weighted by Gasteiger charge is -2.41. The highest BCUT2D eigenvalue weighted by molar-refractivity contribution is 5.03. The summed E-state index contributed by atoms with van der Waals surface area (Å²) in [7, 11) is 2.16.